The van der Waals surface area contributed by atoms with E-state index in [1.54, 1.807) is 0 Å². The Balaban J connectivity index is 1.72. The molecular weight excluding hydrogens is 408 g/mol. The number of thioether (sulfide) groups is 1. The van der Waals surface area contributed by atoms with Crippen molar-refractivity contribution < 1.29 is 19.4 Å². The largest absolute Gasteiger partial charge is 0.481 e. The molecule has 0 saturated carbocycles. The van der Waals surface area contributed by atoms with Crippen LogP contribution in [-0.2, 0) is 19.0 Å². The molecule has 0 aliphatic carbocycles. The van der Waals surface area contributed by atoms with Gasteiger partial charge in [0.05, 0.1) is 37.6 Å². The van der Waals surface area contributed by atoms with Crippen LogP contribution in [0.5, 0.6) is 0 Å². The first-order valence-corrected chi connectivity index (χ1v) is 11.4. The van der Waals surface area contributed by atoms with Crippen LogP contribution < -0.4 is 0 Å². The van der Waals surface area contributed by atoms with Gasteiger partial charge in [0.25, 0.3) is 0 Å². The molecule has 3 rings (SSSR count). The van der Waals surface area contributed by atoms with Crippen molar-refractivity contribution in [3.05, 3.63) is 108 Å². The zero-order valence-electron chi connectivity index (χ0n) is 17.5. The van der Waals surface area contributed by atoms with Crippen molar-refractivity contribution in [2.45, 2.75) is 11.2 Å². The van der Waals surface area contributed by atoms with Gasteiger partial charge in [0, 0.05) is 5.75 Å². The van der Waals surface area contributed by atoms with Gasteiger partial charge < -0.3 is 14.6 Å². The molecule has 0 spiro atoms. The predicted octanol–water partition coefficient (Wildman–Crippen LogP) is 5.22. The van der Waals surface area contributed by atoms with E-state index in [0.717, 1.165) is 5.75 Å². The Bertz CT molecular complexity index is 804. The molecule has 0 saturated heterocycles. The van der Waals surface area contributed by atoms with Gasteiger partial charge in [0.15, 0.2) is 0 Å². The molecule has 1 N–H and O–H groups in total. The lowest BCUT2D eigenvalue weighted by atomic mass is 9.84. The molecule has 0 aromatic heterocycles. The van der Waals surface area contributed by atoms with Crippen LogP contribution in [0, 0.1) is 0 Å². The van der Waals surface area contributed by atoms with Gasteiger partial charge in [-0.25, -0.2) is 0 Å². The molecule has 0 fully saturated rings. The molecule has 0 atom stereocenters. The minimum atomic E-state index is -0.851. The zero-order valence-corrected chi connectivity index (χ0v) is 18.3. The van der Waals surface area contributed by atoms with E-state index in [2.05, 4.69) is 72.8 Å². The SMILES string of the molecule is O=C(O)CCOCCOCCSC(c1ccccc1)(c1ccccc1)c1ccccc1. The molecule has 0 unspecified atom stereocenters. The summed E-state index contributed by atoms with van der Waals surface area (Å²) in [4.78, 5) is 10.5. The number of aliphatic carboxylic acids is 1. The average molecular weight is 437 g/mol. The van der Waals surface area contributed by atoms with Crippen molar-refractivity contribution in [3.63, 3.8) is 0 Å². The number of carbonyl (C=O) groups is 1. The van der Waals surface area contributed by atoms with Gasteiger partial charge in [-0.15, -0.1) is 11.8 Å². The predicted molar refractivity (Wildman–Crippen MR) is 126 cm³/mol. The quantitative estimate of drug-likeness (QED) is 0.294. The lowest BCUT2D eigenvalue weighted by molar-refractivity contribution is -0.138. The van der Waals surface area contributed by atoms with E-state index in [-0.39, 0.29) is 17.8 Å². The Kier molecular flexibility index (Phi) is 9.16. The molecule has 31 heavy (non-hydrogen) atoms. The number of carboxylic acid groups (broad SMARTS) is 1. The van der Waals surface area contributed by atoms with Crippen molar-refractivity contribution in [2.24, 2.45) is 0 Å². The van der Waals surface area contributed by atoms with Crippen LogP contribution in [0.2, 0.25) is 0 Å². The summed E-state index contributed by atoms with van der Waals surface area (Å²) in [6.45, 7) is 1.65. The van der Waals surface area contributed by atoms with Gasteiger partial charge in [-0.1, -0.05) is 91.0 Å². The van der Waals surface area contributed by atoms with Crippen molar-refractivity contribution in [2.75, 3.05) is 32.2 Å². The second-order valence-corrected chi connectivity index (χ2v) is 8.31. The standard InChI is InChI=1S/C26H28O4S/c27-25(28)16-17-29-18-19-30-20-21-31-26(22-10-4-1-5-11-22,23-12-6-2-7-13-23)24-14-8-3-9-15-24/h1-15H,16-21H2,(H,27,28). The third-order valence-electron chi connectivity index (χ3n) is 4.92. The van der Waals surface area contributed by atoms with E-state index in [1.165, 1.54) is 16.7 Å². The normalized spacial score (nSPS) is 11.4. The average Bonchev–Trinajstić information content (AvgIpc) is 2.82. The maximum Gasteiger partial charge on any atom is 0.305 e. The molecule has 0 radical (unpaired) electrons. The number of ether oxygens (including phenoxy) is 2. The third kappa shape index (κ3) is 6.44. The highest BCUT2D eigenvalue weighted by molar-refractivity contribution is 8.00. The molecule has 0 bridgehead atoms. The zero-order chi connectivity index (χ0) is 21.8. The van der Waals surface area contributed by atoms with E-state index in [4.69, 9.17) is 14.6 Å². The fourth-order valence-corrected chi connectivity index (χ4v) is 4.92. The summed E-state index contributed by atoms with van der Waals surface area (Å²) in [5.74, 6) is -0.0511. The number of benzene rings is 3. The lowest BCUT2D eigenvalue weighted by Gasteiger charge is -2.35. The van der Waals surface area contributed by atoms with Crippen LogP contribution in [0.3, 0.4) is 0 Å². The summed E-state index contributed by atoms with van der Waals surface area (Å²) >= 11 is 1.86. The molecule has 0 aliphatic heterocycles. The molecule has 4 nitrogen and oxygen atoms in total. The summed E-state index contributed by atoms with van der Waals surface area (Å²) in [5, 5.41) is 8.63. The van der Waals surface area contributed by atoms with Crippen LogP contribution in [0.15, 0.2) is 91.0 Å². The molecule has 5 heteroatoms. The van der Waals surface area contributed by atoms with Crippen molar-refractivity contribution in [1.82, 2.24) is 0 Å². The minimum Gasteiger partial charge on any atom is -0.481 e. The molecule has 3 aromatic carbocycles. The Hall–Kier alpha value is -2.60. The van der Waals surface area contributed by atoms with E-state index in [0.29, 0.717) is 19.8 Å². The molecule has 3 aromatic rings. The Morgan fingerprint density at radius 2 is 1.10 bits per heavy atom. The van der Waals surface area contributed by atoms with Gasteiger partial charge in [0.2, 0.25) is 0 Å². The fourth-order valence-electron chi connectivity index (χ4n) is 3.50. The van der Waals surface area contributed by atoms with Crippen LogP contribution in [0.1, 0.15) is 23.1 Å². The highest BCUT2D eigenvalue weighted by Gasteiger charge is 2.36. The molecule has 0 aliphatic rings. The molecule has 0 heterocycles. The summed E-state index contributed by atoms with van der Waals surface area (Å²) in [7, 11) is 0. The van der Waals surface area contributed by atoms with Crippen LogP contribution in [0.4, 0.5) is 0 Å². The first-order valence-electron chi connectivity index (χ1n) is 10.4. The number of carboxylic acids is 1. The lowest BCUT2D eigenvalue weighted by Crippen LogP contribution is -2.26. The van der Waals surface area contributed by atoms with E-state index in [1.807, 2.05) is 30.0 Å². The smallest absolute Gasteiger partial charge is 0.305 e. The van der Waals surface area contributed by atoms with Crippen LogP contribution in [0.25, 0.3) is 0 Å². The van der Waals surface area contributed by atoms with Gasteiger partial charge in [0.1, 0.15) is 0 Å². The van der Waals surface area contributed by atoms with E-state index < -0.39 is 5.97 Å². The summed E-state index contributed by atoms with van der Waals surface area (Å²) < 4.78 is 10.7. The molecular formula is C26H28O4S. The molecule has 0 amide bonds. The van der Waals surface area contributed by atoms with Gasteiger partial charge in [-0.2, -0.15) is 0 Å². The van der Waals surface area contributed by atoms with Gasteiger partial charge in [-0.3, -0.25) is 4.79 Å². The second kappa shape index (κ2) is 12.3. The summed E-state index contributed by atoms with van der Waals surface area (Å²) in [6, 6.07) is 31.7. The number of hydrogen-bond donors (Lipinski definition) is 1. The van der Waals surface area contributed by atoms with Crippen molar-refractivity contribution in [1.29, 1.82) is 0 Å². The fraction of sp³-hybridized carbons (Fsp3) is 0.269. The Morgan fingerprint density at radius 3 is 1.52 bits per heavy atom. The first kappa shape index (κ1) is 23.1. The van der Waals surface area contributed by atoms with Crippen molar-refractivity contribution in [3.8, 4) is 0 Å². The van der Waals surface area contributed by atoms with Crippen LogP contribution in [-0.4, -0.2) is 43.3 Å². The maximum atomic E-state index is 10.5. The highest BCUT2D eigenvalue weighted by Crippen LogP contribution is 2.48. The number of hydrogen-bond acceptors (Lipinski definition) is 4. The monoisotopic (exact) mass is 436 g/mol. The highest BCUT2D eigenvalue weighted by atomic mass is 32.2. The van der Waals surface area contributed by atoms with Gasteiger partial charge in [-0.05, 0) is 16.7 Å². The first-order chi connectivity index (χ1) is 15.2. The van der Waals surface area contributed by atoms with E-state index >= 15 is 0 Å². The summed E-state index contributed by atoms with van der Waals surface area (Å²) in [6.07, 6.45) is 0.0175. The summed E-state index contributed by atoms with van der Waals surface area (Å²) in [5.41, 5.74) is 3.69. The minimum absolute atomic E-state index is 0.0175. The topological polar surface area (TPSA) is 55.8 Å². The third-order valence-corrected chi connectivity index (χ3v) is 6.43. The van der Waals surface area contributed by atoms with E-state index in [9.17, 15) is 4.79 Å². The second-order valence-electron chi connectivity index (χ2n) is 7.00. The van der Waals surface area contributed by atoms with Crippen LogP contribution >= 0.6 is 11.8 Å². The van der Waals surface area contributed by atoms with Crippen molar-refractivity contribution >= 4 is 17.7 Å². The number of rotatable bonds is 13. The van der Waals surface area contributed by atoms with Gasteiger partial charge >= 0.3 is 5.97 Å². The Morgan fingerprint density at radius 1 is 0.677 bits per heavy atom. The maximum absolute atomic E-state index is 10.5. The Labute approximate surface area is 188 Å². The molecule has 162 valence electrons.